The lowest BCUT2D eigenvalue weighted by Crippen LogP contribution is -2.33. The lowest BCUT2D eigenvalue weighted by atomic mass is 9.88. The van der Waals surface area contributed by atoms with Crippen LogP contribution >= 0.6 is 0 Å². The van der Waals surface area contributed by atoms with Crippen molar-refractivity contribution in [3.8, 4) is 11.8 Å². The van der Waals surface area contributed by atoms with Crippen LogP contribution in [0.25, 0.3) is 0 Å². The number of nitrogens with zero attached hydrogens (tertiary/aromatic N) is 2. The van der Waals surface area contributed by atoms with Gasteiger partial charge in [-0.15, -0.1) is 0 Å². The molecule has 1 N–H and O–H groups in total. The molecule has 2 rings (SSSR count). The molecule has 19 heavy (non-hydrogen) atoms. The Kier molecular flexibility index (Phi) is 3.42. The number of ether oxygens (including phenoxy) is 1. The number of nitriles is 1. The van der Waals surface area contributed by atoms with Gasteiger partial charge in [0.05, 0.1) is 24.8 Å². The minimum absolute atomic E-state index is 0.0487. The molecule has 0 amide bonds. The molecule has 1 aliphatic rings. The summed E-state index contributed by atoms with van der Waals surface area (Å²) in [6, 6.07) is 7.69. The molecule has 1 aromatic rings. The van der Waals surface area contributed by atoms with Gasteiger partial charge in [-0.2, -0.15) is 5.26 Å². The summed E-state index contributed by atoms with van der Waals surface area (Å²) in [5.41, 5.74) is 1.37. The van der Waals surface area contributed by atoms with E-state index < -0.39 is 0 Å². The molecule has 1 aliphatic heterocycles. The number of aliphatic hydroxyl groups is 1. The zero-order valence-corrected chi connectivity index (χ0v) is 11.8. The Morgan fingerprint density at radius 1 is 1.47 bits per heavy atom. The van der Waals surface area contributed by atoms with E-state index >= 15 is 0 Å². The summed E-state index contributed by atoms with van der Waals surface area (Å²) < 4.78 is 5.24. The molecule has 0 saturated carbocycles. The maximum Gasteiger partial charge on any atom is 0.138 e. The fourth-order valence-electron chi connectivity index (χ4n) is 2.78. The molecule has 102 valence electrons. The van der Waals surface area contributed by atoms with Crippen LogP contribution in [-0.4, -0.2) is 30.9 Å². The van der Waals surface area contributed by atoms with Crippen molar-refractivity contribution in [3.05, 3.63) is 23.8 Å². The van der Waals surface area contributed by atoms with Crippen LogP contribution in [0, 0.1) is 16.7 Å². The van der Waals surface area contributed by atoms with Gasteiger partial charge in [-0.05, 0) is 19.1 Å². The van der Waals surface area contributed by atoms with Crippen LogP contribution in [-0.2, 0) is 0 Å². The second kappa shape index (κ2) is 4.75. The third-order valence-electron chi connectivity index (χ3n) is 3.96. The molecular formula is C15H20N2O2. The smallest absolute Gasteiger partial charge is 0.138 e. The molecule has 4 heteroatoms. The average molecular weight is 260 g/mol. The highest BCUT2D eigenvalue weighted by atomic mass is 16.5. The van der Waals surface area contributed by atoms with Crippen LogP contribution in [0.1, 0.15) is 26.3 Å². The van der Waals surface area contributed by atoms with Gasteiger partial charge in [0.2, 0.25) is 0 Å². The van der Waals surface area contributed by atoms with Crippen molar-refractivity contribution >= 4 is 5.69 Å². The first-order chi connectivity index (χ1) is 8.90. The Labute approximate surface area is 114 Å². The van der Waals surface area contributed by atoms with Gasteiger partial charge < -0.3 is 14.7 Å². The van der Waals surface area contributed by atoms with Gasteiger partial charge in [0, 0.05) is 23.7 Å². The molecule has 0 unspecified atom stereocenters. The predicted octanol–water partition coefficient (Wildman–Crippen LogP) is 2.16. The second-order valence-electron chi connectivity index (χ2n) is 5.80. The van der Waals surface area contributed by atoms with E-state index in [0.29, 0.717) is 11.3 Å². The molecule has 0 aliphatic carbocycles. The Hall–Kier alpha value is -1.73. The molecule has 0 spiro atoms. The summed E-state index contributed by atoms with van der Waals surface area (Å²) in [6.07, 6.45) is -0.367. The molecule has 0 radical (unpaired) electrons. The van der Waals surface area contributed by atoms with Crippen molar-refractivity contribution in [2.24, 2.45) is 5.41 Å². The fourth-order valence-corrected chi connectivity index (χ4v) is 2.78. The van der Waals surface area contributed by atoms with E-state index in [-0.39, 0.29) is 17.6 Å². The lowest BCUT2D eigenvalue weighted by molar-refractivity contribution is 0.0766. The maximum absolute atomic E-state index is 10.3. The summed E-state index contributed by atoms with van der Waals surface area (Å²) in [4.78, 5) is 2.16. The summed E-state index contributed by atoms with van der Waals surface area (Å²) in [7, 11) is 1.56. The van der Waals surface area contributed by atoms with Gasteiger partial charge in [-0.25, -0.2) is 0 Å². The van der Waals surface area contributed by atoms with Crippen molar-refractivity contribution in [2.75, 3.05) is 18.6 Å². The normalized spacial score (nSPS) is 25.2. The molecule has 1 saturated heterocycles. The number of aliphatic hydroxyl groups excluding tert-OH is 1. The van der Waals surface area contributed by atoms with Crippen LogP contribution in [0.2, 0.25) is 0 Å². The van der Waals surface area contributed by atoms with E-state index in [2.05, 4.69) is 24.8 Å². The summed E-state index contributed by atoms with van der Waals surface area (Å²) >= 11 is 0. The summed E-state index contributed by atoms with van der Waals surface area (Å²) in [5.74, 6) is 0.575. The SMILES string of the molecule is COc1cc(N2CC(C)(C)[C@@H](O)[C@@H]2C)ccc1C#N. The van der Waals surface area contributed by atoms with Crippen LogP contribution in [0.3, 0.4) is 0 Å². The highest BCUT2D eigenvalue weighted by Crippen LogP contribution is 2.38. The molecule has 1 fully saturated rings. The number of methoxy groups -OCH3 is 1. The minimum atomic E-state index is -0.367. The van der Waals surface area contributed by atoms with Gasteiger partial charge in [-0.3, -0.25) is 0 Å². The number of hydrogen-bond acceptors (Lipinski definition) is 4. The van der Waals surface area contributed by atoms with Crippen molar-refractivity contribution in [2.45, 2.75) is 32.9 Å². The lowest BCUT2D eigenvalue weighted by Gasteiger charge is -2.25. The van der Waals surface area contributed by atoms with Crippen molar-refractivity contribution in [3.63, 3.8) is 0 Å². The highest BCUT2D eigenvalue weighted by Gasteiger charge is 2.43. The Bertz CT molecular complexity index is 519. The monoisotopic (exact) mass is 260 g/mol. The Morgan fingerprint density at radius 3 is 2.63 bits per heavy atom. The third kappa shape index (κ3) is 2.26. The molecule has 1 aromatic carbocycles. The zero-order chi connectivity index (χ0) is 14.2. The summed E-state index contributed by atoms with van der Waals surface area (Å²) in [5, 5.41) is 19.3. The highest BCUT2D eigenvalue weighted by molar-refractivity contribution is 5.58. The average Bonchev–Trinajstić information content (AvgIpc) is 2.61. The Balaban J connectivity index is 2.36. The molecular weight excluding hydrogens is 240 g/mol. The van der Waals surface area contributed by atoms with Gasteiger partial charge in [0.25, 0.3) is 0 Å². The van der Waals surface area contributed by atoms with Crippen molar-refractivity contribution in [1.82, 2.24) is 0 Å². The van der Waals surface area contributed by atoms with Crippen LogP contribution < -0.4 is 9.64 Å². The first-order valence-corrected chi connectivity index (χ1v) is 6.43. The Morgan fingerprint density at radius 2 is 2.16 bits per heavy atom. The molecule has 1 heterocycles. The van der Waals surface area contributed by atoms with Gasteiger partial charge in [0.1, 0.15) is 11.8 Å². The van der Waals surface area contributed by atoms with Gasteiger partial charge in [0.15, 0.2) is 0 Å². The largest absolute Gasteiger partial charge is 0.495 e. The number of benzene rings is 1. The second-order valence-corrected chi connectivity index (χ2v) is 5.80. The minimum Gasteiger partial charge on any atom is -0.495 e. The van der Waals surface area contributed by atoms with E-state index in [1.54, 1.807) is 13.2 Å². The number of rotatable bonds is 2. The quantitative estimate of drug-likeness (QED) is 0.885. The van der Waals surface area contributed by atoms with Crippen molar-refractivity contribution in [1.29, 1.82) is 5.26 Å². The number of anilines is 1. The van der Waals surface area contributed by atoms with E-state index in [1.807, 2.05) is 19.1 Å². The van der Waals surface area contributed by atoms with E-state index in [0.717, 1.165) is 12.2 Å². The van der Waals surface area contributed by atoms with Crippen LogP contribution in [0.4, 0.5) is 5.69 Å². The summed E-state index contributed by atoms with van der Waals surface area (Å²) in [6.45, 7) is 6.93. The molecule has 0 aromatic heterocycles. The number of hydrogen-bond donors (Lipinski definition) is 1. The van der Waals surface area contributed by atoms with Gasteiger partial charge in [-0.1, -0.05) is 13.8 Å². The van der Waals surface area contributed by atoms with E-state index in [1.165, 1.54) is 0 Å². The topological polar surface area (TPSA) is 56.5 Å². The van der Waals surface area contributed by atoms with Gasteiger partial charge >= 0.3 is 0 Å². The standard InChI is InChI=1S/C15H20N2O2/c1-10-14(18)15(2,3)9-17(10)12-6-5-11(8-16)13(7-12)19-4/h5-7,10,14,18H,9H2,1-4H3/t10-,14-/m0/s1. The van der Waals surface area contributed by atoms with E-state index in [9.17, 15) is 5.11 Å². The van der Waals surface area contributed by atoms with Crippen LogP contribution in [0.15, 0.2) is 18.2 Å². The molecule has 0 bridgehead atoms. The predicted molar refractivity (Wildman–Crippen MR) is 74.3 cm³/mol. The molecule has 2 atom stereocenters. The zero-order valence-electron chi connectivity index (χ0n) is 11.8. The fraction of sp³-hybridized carbons (Fsp3) is 0.533. The van der Waals surface area contributed by atoms with E-state index in [4.69, 9.17) is 10.00 Å². The first-order valence-electron chi connectivity index (χ1n) is 6.43. The van der Waals surface area contributed by atoms with Crippen molar-refractivity contribution < 1.29 is 9.84 Å². The maximum atomic E-state index is 10.3. The molecule has 4 nitrogen and oxygen atoms in total. The van der Waals surface area contributed by atoms with Crippen LogP contribution in [0.5, 0.6) is 5.75 Å². The third-order valence-corrected chi connectivity index (χ3v) is 3.96. The first kappa shape index (κ1) is 13.7.